The van der Waals surface area contributed by atoms with Crippen LogP contribution < -0.4 is 4.90 Å². The van der Waals surface area contributed by atoms with Crippen LogP contribution in [0.1, 0.15) is 22.3 Å². The molecule has 0 amide bonds. The molecule has 12 rings (SSSR count). The summed E-state index contributed by atoms with van der Waals surface area (Å²) in [6, 6.07) is 91.9. The molecule has 0 aliphatic carbocycles. The fourth-order valence-electron chi connectivity index (χ4n) is 10.1. The van der Waals surface area contributed by atoms with E-state index in [1.807, 2.05) is 6.07 Å². The maximum atomic E-state index is 6.50. The van der Waals surface area contributed by atoms with E-state index >= 15 is 0 Å². The molecule has 0 spiro atoms. The summed E-state index contributed by atoms with van der Waals surface area (Å²) >= 11 is 0. The highest BCUT2D eigenvalue weighted by Gasteiger charge is 2.38. The number of nitrogens with zero attached hydrogens (tertiary/aromatic N) is 2. The molecule has 2 aromatic heterocycles. The van der Waals surface area contributed by atoms with Crippen molar-refractivity contribution >= 4 is 60.8 Å². The third-order valence-corrected chi connectivity index (χ3v) is 12.9. The second-order valence-corrected chi connectivity index (χ2v) is 16.4. The van der Waals surface area contributed by atoms with Crippen LogP contribution in [0.5, 0.6) is 0 Å². The number of hydrogen-bond donors (Lipinski definition) is 0. The van der Waals surface area contributed by atoms with Crippen molar-refractivity contribution in [2.45, 2.75) is 5.41 Å². The van der Waals surface area contributed by atoms with Gasteiger partial charge in [0.15, 0.2) is 0 Å². The first kappa shape index (κ1) is 37.4. The first-order chi connectivity index (χ1) is 31.8. The van der Waals surface area contributed by atoms with Crippen LogP contribution in [0.15, 0.2) is 259 Å². The molecule has 0 N–H and O–H groups in total. The highest BCUT2D eigenvalue weighted by molar-refractivity contribution is 6.14. The second kappa shape index (κ2) is 15.5. The van der Waals surface area contributed by atoms with E-state index in [1.165, 1.54) is 44.1 Å². The standard InChI is InChI=1S/C61H42N2O/c1-5-20-45(21-6-1)61(46-22-7-2-8-23-46,47-24-9-3-10-25-47)48-36-38-50(39-37-48)62(57-32-18-34-59-60(57)53-30-14-16-33-58(53)64-59)51-28-17-19-43(41-51)44-35-40-56-54(42-44)52-29-13-15-31-55(52)63(56)49-26-11-4-12-27-49/h1-42H. The van der Waals surface area contributed by atoms with Crippen LogP contribution in [0.25, 0.3) is 60.6 Å². The van der Waals surface area contributed by atoms with Crippen LogP contribution in [-0.4, -0.2) is 4.57 Å². The molecule has 0 unspecified atom stereocenters. The van der Waals surface area contributed by atoms with Crippen LogP contribution >= 0.6 is 0 Å². The van der Waals surface area contributed by atoms with E-state index in [9.17, 15) is 0 Å². The summed E-state index contributed by atoms with van der Waals surface area (Å²) in [4.78, 5) is 2.40. The van der Waals surface area contributed by atoms with Gasteiger partial charge in [-0.1, -0.05) is 182 Å². The largest absolute Gasteiger partial charge is 0.456 e. The van der Waals surface area contributed by atoms with Crippen molar-refractivity contribution < 1.29 is 4.42 Å². The van der Waals surface area contributed by atoms with Gasteiger partial charge in [-0.05, 0) is 106 Å². The van der Waals surface area contributed by atoms with Crippen molar-refractivity contribution in [1.82, 2.24) is 4.57 Å². The highest BCUT2D eigenvalue weighted by Crippen LogP contribution is 2.48. The molecule has 0 atom stereocenters. The van der Waals surface area contributed by atoms with Crippen molar-refractivity contribution in [3.63, 3.8) is 0 Å². The van der Waals surface area contributed by atoms with Gasteiger partial charge in [0.05, 0.1) is 27.5 Å². The number of aromatic nitrogens is 1. The summed E-state index contributed by atoms with van der Waals surface area (Å²) in [5.41, 5.74) is 15.0. The van der Waals surface area contributed by atoms with Crippen molar-refractivity contribution in [3.8, 4) is 16.8 Å². The molecule has 302 valence electrons. The average molecular weight is 819 g/mol. The molecule has 64 heavy (non-hydrogen) atoms. The zero-order valence-corrected chi connectivity index (χ0v) is 35.1. The van der Waals surface area contributed by atoms with Crippen LogP contribution in [-0.2, 0) is 5.41 Å². The summed E-state index contributed by atoms with van der Waals surface area (Å²) in [5.74, 6) is 0. The number of hydrogen-bond acceptors (Lipinski definition) is 2. The van der Waals surface area contributed by atoms with E-state index in [0.29, 0.717) is 0 Å². The molecule has 3 nitrogen and oxygen atoms in total. The van der Waals surface area contributed by atoms with E-state index in [2.05, 4.69) is 258 Å². The number of para-hydroxylation sites is 3. The maximum Gasteiger partial charge on any atom is 0.137 e. The van der Waals surface area contributed by atoms with Gasteiger partial charge in [0.2, 0.25) is 0 Å². The Morgan fingerprint density at radius 2 is 0.875 bits per heavy atom. The summed E-state index contributed by atoms with van der Waals surface area (Å²) in [5, 5.41) is 4.62. The Balaban J connectivity index is 1.05. The quantitative estimate of drug-likeness (QED) is 0.135. The Morgan fingerprint density at radius 3 is 1.56 bits per heavy atom. The number of fused-ring (bicyclic) bond motifs is 6. The summed E-state index contributed by atoms with van der Waals surface area (Å²) in [6.07, 6.45) is 0. The molecular formula is C61H42N2O. The molecule has 0 radical (unpaired) electrons. The van der Waals surface area contributed by atoms with E-state index in [0.717, 1.165) is 55.8 Å². The average Bonchev–Trinajstić information content (AvgIpc) is 3.92. The monoisotopic (exact) mass is 818 g/mol. The number of benzene rings is 10. The number of furan rings is 1. The lowest BCUT2D eigenvalue weighted by Gasteiger charge is -2.37. The lowest BCUT2D eigenvalue weighted by Crippen LogP contribution is -2.31. The topological polar surface area (TPSA) is 21.3 Å². The Labute approximate surface area is 372 Å². The smallest absolute Gasteiger partial charge is 0.137 e. The Kier molecular flexibility index (Phi) is 9.05. The van der Waals surface area contributed by atoms with Crippen LogP contribution in [0.3, 0.4) is 0 Å². The van der Waals surface area contributed by atoms with E-state index in [1.54, 1.807) is 0 Å². The van der Waals surface area contributed by atoms with Gasteiger partial charge in [-0.15, -0.1) is 0 Å². The van der Waals surface area contributed by atoms with Gasteiger partial charge < -0.3 is 13.9 Å². The minimum absolute atomic E-state index is 0.559. The minimum Gasteiger partial charge on any atom is -0.456 e. The number of rotatable bonds is 9. The Bertz CT molecular complexity index is 3500. The Morgan fingerprint density at radius 1 is 0.344 bits per heavy atom. The van der Waals surface area contributed by atoms with Crippen molar-refractivity contribution in [3.05, 3.63) is 277 Å². The fourth-order valence-corrected chi connectivity index (χ4v) is 10.1. The van der Waals surface area contributed by atoms with E-state index in [-0.39, 0.29) is 0 Å². The van der Waals surface area contributed by atoms with Gasteiger partial charge >= 0.3 is 0 Å². The zero-order valence-electron chi connectivity index (χ0n) is 35.1. The van der Waals surface area contributed by atoms with Crippen LogP contribution in [0, 0.1) is 0 Å². The van der Waals surface area contributed by atoms with Gasteiger partial charge in [-0.3, -0.25) is 0 Å². The van der Waals surface area contributed by atoms with Gasteiger partial charge in [0, 0.05) is 33.2 Å². The van der Waals surface area contributed by atoms with Crippen LogP contribution in [0.4, 0.5) is 17.1 Å². The molecule has 0 aliphatic rings. The number of anilines is 3. The highest BCUT2D eigenvalue weighted by atomic mass is 16.3. The van der Waals surface area contributed by atoms with Crippen molar-refractivity contribution in [2.75, 3.05) is 4.90 Å². The lowest BCUT2D eigenvalue weighted by molar-refractivity contribution is 0.669. The van der Waals surface area contributed by atoms with E-state index in [4.69, 9.17) is 4.42 Å². The first-order valence-electron chi connectivity index (χ1n) is 21.9. The molecule has 10 aromatic carbocycles. The third-order valence-electron chi connectivity index (χ3n) is 12.9. The van der Waals surface area contributed by atoms with Gasteiger partial charge in [0.25, 0.3) is 0 Å². The molecule has 2 heterocycles. The zero-order chi connectivity index (χ0) is 42.5. The second-order valence-electron chi connectivity index (χ2n) is 16.4. The predicted molar refractivity (Wildman–Crippen MR) is 266 cm³/mol. The van der Waals surface area contributed by atoms with E-state index < -0.39 is 5.41 Å². The molecule has 3 heteroatoms. The Hall–Kier alpha value is -8.40. The first-order valence-corrected chi connectivity index (χ1v) is 21.9. The van der Waals surface area contributed by atoms with Crippen molar-refractivity contribution in [1.29, 1.82) is 0 Å². The maximum absolute atomic E-state index is 6.50. The molecule has 0 aliphatic heterocycles. The molecular weight excluding hydrogens is 777 g/mol. The molecule has 12 aromatic rings. The molecule has 0 fully saturated rings. The van der Waals surface area contributed by atoms with Crippen LogP contribution in [0.2, 0.25) is 0 Å². The molecule has 0 bridgehead atoms. The lowest BCUT2D eigenvalue weighted by atomic mass is 9.65. The molecule has 0 saturated carbocycles. The summed E-state index contributed by atoms with van der Waals surface area (Å²) in [6.45, 7) is 0. The molecule has 0 saturated heterocycles. The minimum atomic E-state index is -0.559. The normalized spacial score (nSPS) is 11.8. The van der Waals surface area contributed by atoms with Crippen molar-refractivity contribution in [2.24, 2.45) is 0 Å². The van der Waals surface area contributed by atoms with Gasteiger partial charge in [-0.25, -0.2) is 0 Å². The SMILES string of the molecule is c1ccc(-n2c3ccccc3c3cc(-c4cccc(N(c5ccc(C(c6ccccc6)(c6ccccc6)c6ccccc6)cc5)c5cccc6oc7ccccc7c56)c4)ccc32)cc1. The van der Waals surface area contributed by atoms with Gasteiger partial charge in [0.1, 0.15) is 11.2 Å². The summed E-state index contributed by atoms with van der Waals surface area (Å²) in [7, 11) is 0. The summed E-state index contributed by atoms with van der Waals surface area (Å²) < 4.78 is 8.87. The predicted octanol–water partition coefficient (Wildman–Crippen LogP) is 16.2. The van der Waals surface area contributed by atoms with Gasteiger partial charge in [-0.2, -0.15) is 0 Å². The fraction of sp³-hybridized carbons (Fsp3) is 0.0164. The third kappa shape index (κ3) is 6.05.